The summed E-state index contributed by atoms with van der Waals surface area (Å²) in [5.74, 6) is -0.445. The van der Waals surface area contributed by atoms with Gasteiger partial charge < -0.3 is 15.2 Å². The average molecular weight is 247 g/mol. The van der Waals surface area contributed by atoms with Gasteiger partial charge >= 0.3 is 0 Å². The van der Waals surface area contributed by atoms with E-state index in [0.29, 0.717) is 13.0 Å². The van der Waals surface area contributed by atoms with Gasteiger partial charge in [-0.2, -0.15) is 0 Å². The maximum atomic E-state index is 13.3. The maximum Gasteiger partial charge on any atom is 0.166 e. The van der Waals surface area contributed by atoms with Crippen LogP contribution in [0.2, 0.25) is 5.02 Å². The number of nitrogens with one attached hydrogen (secondary N) is 1. The lowest BCUT2D eigenvalue weighted by molar-refractivity contribution is 0.0381. The molecular formula is C10H12ClFN2O2. The van der Waals surface area contributed by atoms with Gasteiger partial charge in [-0.05, 0) is 6.07 Å². The molecule has 0 amide bonds. The Morgan fingerprint density at radius 2 is 2.50 bits per heavy atom. The van der Waals surface area contributed by atoms with Crippen molar-refractivity contribution in [3.63, 3.8) is 0 Å². The molecule has 0 aromatic carbocycles. The van der Waals surface area contributed by atoms with Crippen LogP contribution in [0, 0.1) is 5.82 Å². The van der Waals surface area contributed by atoms with Crippen molar-refractivity contribution in [2.45, 2.75) is 12.0 Å². The summed E-state index contributed by atoms with van der Waals surface area (Å²) in [6.07, 6.45) is 1.89. The molecule has 1 saturated heterocycles. The Kier molecular flexibility index (Phi) is 3.28. The summed E-state index contributed by atoms with van der Waals surface area (Å²) in [4.78, 5) is 3.80. The van der Waals surface area contributed by atoms with E-state index in [9.17, 15) is 9.50 Å². The lowest BCUT2D eigenvalue weighted by atomic mass is 10.0. The molecule has 1 atom stereocenters. The zero-order chi connectivity index (χ0) is 11.6. The summed E-state index contributed by atoms with van der Waals surface area (Å²) in [5, 5.41) is 12.9. The van der Waals surface area contributed by atoms with Crippen molar-refractivity contribution < 1.29 is 14.2 Å². The first-order valence-electron chi connectivity index (χ1n) is 4.94. The first-order chi connectivity index (χ1) is 7.59. The minimum atomic E-state index is -0.937. The molecular weight excluding hydrogens is 235 g/mol. The number of hydrogen-bond acceptors (Lipinski definition) is 4. The number of nitrogens with zero attached hydrogens (tertiary/aromatic N) is 1. The second-order valence-corrected chi connectivity index (χ2v) is 4.30. The molecule has 2 N–H and O–H groups in total. The van der Waals surface area contributed by atoms with E-state index in [4.69, 9.17) is 16.3 Å². The molecule has 0 aliphatic carbocycles. The molecule has 1 unspecified atom stereocenters. The Balaban J connectivity index is 1.99. The number of ether oxygens (including phenoxy) is 1. The molecule has 0 saturated carbocycles. The van der Waals surface area contributed by atoms with Crippen molar-refractivity contribution in [1.29, 1.82) is 0 Å². The molecule has 0 radical (unpaired) electrons. The Labute approximate surface area is 97.4 Å². The van der Waals surface area contributed by atoms with E-state index in [1.807, 2.05) is 0 Å². The molecule has 1 aromatic rings. The van der Waals surface area contributed by atoms with Crippen LogP contribution >= 0.6 is 11.6 Å². The molecule has 1 aromatic heterocycles. The molecule has 1 aliphatic heterocycles. The number of aliphatic hydroxyl groups is 1. The fraction of sp³-hybridized carbons (Fsp3) is 0.500. The third-order valence-corrected chi connectivity index (χ3v) is 2.68. The Hall–Kier alpha value is -0.910. The minimum Gasteiger partial charge on any atom is -0.386 e. The van der Waals surface area contributed by atoms with E-state index in [1.54, 1.807) is 0 Å². The second-order valence-electron chi connectivity index (χ2n) is 3.86. The van der Waals surface area contributed by atoms with Crippen LogP contribution in [0.1, 0.15) is 6.42 Å². The van der Waals surface area contributed by atoms with Crippen molar-refractivity contribution in [3.05, 3.63) is 23.1 Å². The monoisotopic (exact) mass is 246 g/mol. The van der Waals surface area contributed by atoms with Gasteiger partial charge in [-0.25, -0.2) is 9.37 Å². The second kappa shape index (κ2) is 4.53. The predicted octanol–water partition coefficient (Wildman–Crippen LogP) is 1.44. The standard InChI is InChI=1S/C10H12ClFN2O2/c11-7-3-8(12)9(13-4-7)14-5-10(15)1-2-16-6-10/h3-4,15H,1-2,5-6H2,(H,13,14). The first-order valence-corrected chi connectivity index (χ1v) is 5.32. The van der Waals surface area contributed by atoms with Crippen LogP contribution in [0.15, 0.2) is 12.3 Å². The first kappa shape index (κ1) is 11.6. The van der Waals surface area contributed by atoms with Crippen LogP contribution in [0.25, 0.3) is 0 Å². The van der Waals surface area contributed by atoms with Crippen LogP contribution in [-0.4, -0.2) is 35.5 Å². The van der Waals surface area contributed by atoms with Crippen LogP contribution in [0.5, 0.6) is 0 Å². The van der Waals surface area contributed by atoms with Crippen LogP contribution in [-0.2, 0) is 4.74 Å². The van der Waals surface area contributed by atoms with Gasteiger partial charge in [0.25, 0.3) is 0 Å². The van der Waals surface area contributed by atoms with Gasteiger partial charge in [0, 0.05) is 25.8 Å². The third-order valence-electron chi connectivity index (χ3n) is 2.48. The van der Waals surface area contributed by atoms with Crippen LogP contribution < -0.4 is 5.32 Å². The molecule has 6 heteroatoms. The molecule has 88 valence electrons. The van der Waals surface area contributed by atoms with Crippen molar-refractivity contribution in [2.75, 3.05) is 25.1 Å². The van der Waals surface area contributed by atoms with Crippen LogP contribution in [0.3, 0.4) is 0 Å². The fourth-order valence-electron chi connectivity index (χ4n) is 1.53. The predicted molar refractivity (Wildman–Crippen MR) is 58.1 cm³/mol. The van der Waals surface area contributed by atoms with Gasteiger partial charge in [0.2, 0.25) is 0 Å². The van der Waals surface area contributed by atoms with E-state index in [0.717, 1.165) is 0 Å². The highest BCUT2D eigenvalue weighted by molar-refractivity contribution is 6.30. The molecule has 1 fully saturated rings. The van der Waals surface area contributed by atoms with E-state index in [-0.39, 0.29) is 24.0 Å². The molecule has 2 rings (SSSR count). The van der Waals surface area contributed by atoms with E-state index in [1.165, 1.54) is 12.3 Å². The van der Waals surface area contributed by atoms with Gasteiger partial charge in [-0.3, -0.25) is 0 Å². The number of pyridine rings is 1. The average Bonchev–Trinajstić information content (AvgIpc) is 2.64. The Morgan fingerprint density at radius 3 is 3.12 bits per heavy atom. The van der Waals surface area contributed by atoms with Crippen LogP contribution in [0.4, 0.5) is 10.2 Å². The number of anilines is 1. The number of halogens is 2. The van der Waals surface area contributed by atoms with E-state index >= 15 is 0 Å². The highest BCUT2D eigenvalue weighted by atomic mass is 35.5. The zero-order valence-corrected chi connectivity index (χ0v) is 9.30. The maximum absolute atomic E-state index is 13.3. The lowest BCUT2D eigenvalue weighted by Crippen LogP contribution is -2.37. The summed E-state index contributed by atoms with van der Waals surface area (Å²) >= 11 is 5.57. The van der Waals surface area contributed by atoms with E-state index in [2.05, 4.69) is 10.3 Å². The van der Waals surface area contributed by atoms with Gasteiger partial charge in [-0.1, -0.05) is 11.6 Å². The normalized spacial score (nSPS) is 24.7. The fourth-order valence-corrected chi connectivity index (χ4v) is 1.67. The largest absolute Gasteiger partial charge is 0.386 e. The summed E-state index contributed by atoms with van der Waals surface area (Å²) in [5.41, 5.74) is -0.937. The molecule has 0 bridgehead atoms. The summed E-state index contributed by atoms with van der Waals surface area (Å²) < 4.78 is 18.4. The zero-order valence-electron chi connectivity index (χ0n) is 8.54. The summed E-state index contributed by atoms with van der Waals surface area (Å²) in [6, 6.07) is 1.17. The Morgan fingerprint density at radius 1 is 1.69 bits per heavy atom. The minimum absolute atomic E-state index is 0.0877. The van der Waals surface area contributed by atoms with Crippen molar-refractivity contribution in [2.24, 2.45) is 0 Å². The van der Waals surface area contributed by atoms with Gasteiger partial charge in [0.1, 0.15) is 5.60 Å². The van der Waals surface area contributed by atoms with Gasteiger partial charge in [-0.15, -0.1) is 0 Å². The van der Waals surface area contributed by atoms with Gasteiger partial charge in [0.15, 0.2) is 11.6 Å². The lowest BCUT2D eigenvalue weighted by Gasteiger charge is -2.21. The highest BCUT2D eigenvalue weighted by Crippen LogP contribution is 2.20. The molecule has 0 spiro atoms. The van der Waals surface area contributed by atoms with Crippen molar-refractivity contribution >= 4 is 17.4 Å². The Bertz CT molecular complexity index is 383. The summed E-state index contributed by atoms with van der Waals surface area (Å²) in [6.45, 7) is 0.989. The third kappa shape index (κ3) is 2.61. The summed E-state index contributed by atoms with van der Waals surface area (Å²) in [7, 11) is 0. The molecule has 2 heterocycles. The van der Waals surface area contributed by atoms with Gasteiger partial charge in [0.05, 0.1) is 11.6 Å². The molecule has 4 nitrogen and oxygen atoms in total. The number of hydrogen-bond donors (Lipinski definition) is 2. The topological polar surface area (TPSA) is 54.4 Å². The smallest absolute Gasteiger partial charge is 0.166 e. The van der Waals surface area contributed by atoms with E-state index < -0.39 is 11.4 Å². The molecule has 1 aliphatic rings. The number of rotatable bonds is 3. The molecule has 16 heavy (non-hydrogen) atoms. The van der Waals surface area contributed by atoms with Crippen molar-refractivity contribution in [1.82, 2.24) is 4.98 Å². The number of aromatic nitrogens is 1. The SMILES string of the molecule is OC1(CNc2ncc(Cl)cc2F)CCOC1. The van der Waals surface area contributed by atoms with Crippen molar-refractivity contribution in [3.8, 4) is 0 Å². The highest BCUT2D eigenvalue weighted by Gasteiger charge is 2.32. The quantitative estimate of drug-likeness (QED) is 0.847.